The summed E-state index contributed by atoms with van der Waals surface area (Å²) < 4.78 is 1.09. The first-order valence-corrected chi connectivity index (χ1v) is 4.81. The smallest absolute Gasteiger partial charge is 0.00642 e. The van der Waals surface area contributed by atoms with E-state index in [0.717, 1.165) is 4.43 Å². The van der Waals surface area contributed by atoms with Crippen molar-refractivity contribution in [3.63, 3.8) is 0 Å². The van der Waals surface area contributed by atoms with E-state index in [0.29, 0.717) is 5.92 Å². The Morgan fingerprint density at radius 2 is 1.90 bits per heavy atom. The molecule has 1 radical (unpaired) electrons. The highest BCUT2D eigenvalue weighted by Crippen LogP contribution is 2.15. The summed E-state index contributed by atoms with van der Waals surface area (Å²) in [6, 6.07) is 10.4. The van der Waals surface area contributed by atoms with Crippen LogP contribution < -0.4 is 0 Å². The fourth-order valence-corrected chi connectivity index (χ4v) is 1.32. The number of alkyl halides is 1. The van der Waals surface area contributed by atoms with E-state index < -0.39 is 0 Å². The van der Waals surface area contributed by atoms with Crippen LogP contribution in [0.2, 0.25) is 0 Å². The molecule has 1 aromatic carbocycles. The fraction of sp³-hybridized carbons (Fsp3) is 0.222. The van der Waals surface area contributed by atoms with E-state index in [1.807, 2.05) is 6.07 Å². The molecule has 1 atom stereocenters. The predicted octanol–water partition coefficient (Wildman–Crippen LogP) is 3.04. The van der Waals surface area contributed by atoms with Crippen LogP contribution in [0.25, 0.3) is 0 Å². The first-order valence-electron chi connectivity index (χ1n) is 3.28. The molecule has 0 saturated carbocycles. The van der Waals surface area contributed by atoms with E-state index in [1.165, 1.54) is 5.56 Å². The lowest BCUT2D eigenvalue weighted by Crippen LogP contribution is -1.92. The zero-order valence-corrected chi connectivity index (χ0v) is 7.91. The Balaban J connectivity index is 2.75. The normalized spacial score (nSPS) is 13.0. The first-order chi connectivity index (χ1) is 4.84. The van der Waals surface area contributed by atoms with Gasteiger partial charge in [-0.05, 0) is 18.4 Å². The Labute approximate surface area is 75.8 Å². The summed E-state index contributed by atoms with van der Waals surface area (Å²) in [7, 11) is 0. The Kier molecular flexibility index (Phi) is 3.19. The molecule has 53 valence electrons. The van der Waals surface area contributed by atoms with Crippen molar-refractivity contribution < 1.29 is 0 Å². The third-order valence-electron chi connectivity index (χ3n) is 1.46. The average molecular weight is 245 g/mol. The number of hydrogen-bond acceptors (Lipinski definition) is 0. The van der Waals surface area contributed by atoms with Crippen molar-refractivity contribution in [1.29, 1.82) is 0 Å². The highest BCUT2D eigenvalue weighted by atomic mass is 127. The standard InChI is InChI=1S/C9H10I/c1-8(7-10)9-5-3-2-4-6-9/h2-6,8H,1,7H2. The molecule has 0 spiro atoms. The van der Waals surface area contributed by atoms with Gasteiger partial charge in [0.1, 0.15) is 0 Å². The maximum Gasteiger partial charge on any atom is 0.00642 e. The summed E-state index contributed by atoms with van der Waals surface area (Å²) in [6.45, 7) is 4.02. The Morgan fingerprint density at radius 1 is 1.30 bits per heavy atom. The van der Waals surface area contributed by atoms with Crippen LogP contribution >= 0.6 is 22.6 Å². The predicted molar refractivity (Wildman–Crippen MR) is 53.4 cm³/mol. The minimum atomic E-state index is 0.446. The van der Waals surface area contributed by atoms with E-state index in [-0.39, 0.29) is 0 Å². The SMILES string of the molecule is [CH2]C(CI)c1ccccc1. The van der Waals surface area contributed by atoms with Gasteiger partial charge in [-0.15, -0.1) is 0 Å². The van der Waals surface area contributed by atoms with Crippen LogP contribution in [0.5, 0.6) is 0 Å². The molecule has 0 nitrogen and oxygen atoms in total. The van der Waals surface area contributed by atoms with Gasteiger partial charge < -0.3 is 0 Å². The molecule has 1 unspecified atom stereocenters. The average Bonchev–Trinajstić information content (AvgIpc) is 2.05. The lowest BCUT2D eigenvalue weighted by Gasteiger charge is -2.05. The van der Waals surface area contributed by atoms with Crippen molar-refractivity contribution in [3.05, 3.63) is 42.8 Å². The second kappa shape index (κ2) is 3.96. The van der Waals surface area contributed by atoms with Crippen molar-refractivity contribution >= 4 is 22.6 Å². The maximum atomic E-state index is 4.02. The molecule has 10 heavy (non-hydrogen) atoms. The van der Waals surface area contributed by atoms with Crippen LogP contribution in [0.15, 0.2) is 30.3 Å². The van der Waals surface area contributed by atoms with Crippen LogP contribution in [0, 0.1) is 6.92 Å². The highest BCUT2D eigenvalue weighted by molar-refractivity contribution is 14.1. The first kappa shape index (κ1) is 8.05. The van der Waals surface area contributed by atoms with Crippen molar-refractivity contribution in [3.8, 4) is 0 Å². The van der Waals surface area contributed by atoms with Crippen molar-refractivity contribution in [2.75, 3.05) is 4.43 Å². The van der Waals surface area contributed by atoms with Gasteiger partial charge in [0, 0.05) is 4.43 Å². The summed E-state index contributed by atoms with van der Waals surface area (Å²) in [5.74, 6) is 0.446. The molecule has 0 fully saturated rings. The molecule has 0 bridgehead atoms. The lowest BCUT2D eigenvalue weighted by atomic mass is 10.0. The van der Waals surface area contributed by atoms with Gasteiger partial charge in [0.2, 0.25) is 0 Å². The van der Waals surface area contributed by atoms with Crippen LogP contribution in [-0.4, -0.2) is 4.43 Å². The quantitative estimate of drug-likeness (QED) is 0.555. The van der Waals surface area contributed by atoms with Gasteiger partial charge in [-0.2, -0.15) is 0 Å². The van der Waals surface area contributed by atoms with Crippen molar-refractivity contribution in [2.24, 2.45) is 0 Å². The molecule has 0 amide bonds. The van der Waals surface area contributed by atoms with Gasteiger partial charge >= 0.3 is 0 Å². The molecule has 0 saturated heterocycles. The second-order valence-corrected chi connectivity index (χ2v) is 3.14. The molecule has 0 aliphatic rings. The Morgan fingerprint density at radius 3 is 2.40 bits per heavy atom. The largest absolute Gasteiger partial charge is 0.0857 e. The summed E-state index contributed by atoms with van der Waals surface area (Å²) in [4.78, 5) is 0. The number of halogens is 1. The molecule has 0 aliphatic heterocycles. The van der Waals surface area contributed by atoms with Crippen molar-refractivity contribution in [2.45, 2.75) is 5.92 Å². The topological polar surface area (TPSA) is 0 Å². The summed E-state index contributed by atoms with van der Waals surface area (Å²) in [6.07, 6.45) is 0. The van der Waals surface area contributed by atoms with Gasteiger partial charge in [0.05, 0.1) is 0 Å². The summed E-state index contributed by atoms with van der Waals surface area (Å²) >= 11 is 2.35. The van der Waals surface area contributed by atoms with Gasteiger partial charge in [0.25, 0.3) is 0 Å². The van der Waals surface area contributed by atoms with Crippen LogP contribution in [0.4, 0.5) is 0 Å². The molecule has 1 heteroatoms. The molecular formula is C9H10I. The maximum absolute atomic E-state index is 4.02. The molecular weight excluding hydrogens is 235 g/mol. The van der Waals surface area contributed by atoms with E-state index in [9.17, 15) is 0 Å². The van der Waals surface area contributed by atoms with E-state index in [2.05, 4.69) is 53.8 Å². The van der Waals surface area contributed by atoms with E-state index in [4.69, 9.17) is 0 Å². The monoisotopic (exact) mass is 245 g/mol. The van der Waals surface area contributed by atoms with E-state index in [1.54, 1.807) is 0 Å². The number of benzene rings is 1. The van der Waals surface area contributed by atoms with Gasteiger partial charge in [-0.25, -0.2) is 0 Å². The van der Waals surface area contributed by atoms with E-state index >= 15 is 0 Å². The van der Waals surface area contributed by atoms with Gasteiger partial charge in [-0.3, -0.25) is 0 Å². The van der Waals surface area contributed by atoms with Gasteiger partial charge in [-0.1, -0.05) is 52.9 Å². The highest BCUT2D eigenvalue weighted by Gasteiger charge is 2.00. The lowest BCUT2D eigenvalue weighted by molar-refractivity contribution is 0.998. The molecule has 1 aromatic rings. The third-order valence-corrected chi connectivity index (χ3v) is 2.52. The molecule has 0 heterocycles. The summed E-state index contributed by atoms with van der Waals surface area (Å²) in [5.41, 5.74) is 1.33. The van der Waals surface area contributed by atoms with Gasteiger partial charge in [0.15, 0.2) is 0 Å². The van der Waals surface area contributed by atoms with Crippen LogP contribution in [0.1, 0.15) is 11.5 Å². The molecule has 0 N–H and O–H groups in total. The fourth-order valence-electron chi connectivity index (χ4n) is 0.814. The molecule has 1 rings (SSSR count). The number of rotatable bonds is 2. The number of hydrogen-bond donors (Lipinski definition) is 0. The van der Waals surface area contributed by atoms with Crippen LogP contribution in [0.3, 0.4) is 0 Å². The molecule has 0 aromatic heterocycles. The second-order valence-electron chi connectivity index (χ2n) is 2.26. The molecule has 0 aliphatic carbocycles. The van der Waals surface area contributed by atoms with Crippen molar-refractivity contribution in [1.82, 2.24) is 0 Å². The zero-order valence-electron chi connectivity index (χ0n) is 5.76. The summed E-state index contributed by atoms with van der Waals surface area (Å²) in [5, 5.41) is 0. The minimum Gasteiger partial charge on any atom is -0.0857 e. The zero-order chi connectivity index (χ0) is 7.40. The Bertz CT molecular complexity index is 181. The van der Waals surface area contributed by atoms with Crippen LogP contribution in [-0.2, 0) is 0 Å². The Hall–Kier alpha value is -0.0500. The third kappa shape index (κ3) is 1.97. The minimum absolute atomic E-state index is 0.446.